The van der Waals surface area contributed by atoms with Crippen molar-refractivity contribution in [2.24, 2.45) is 47.3 Å². The van der Waals surface area contributed by atoms with Crippen LogP contribution < -0.4 is 0 Å². The summed E-state index contributed by atoms with van der Waals surface area (Å²) in [7, 11) is -2.22. The summed E-state index contributed by atoms with van der Waals surface area (Å²) in [5, 5.41) is 0. The van der Waals surface area contributed by atoms with Crippen molar-refractivity contribution in [1.29, 1.82) is 0 Å². The molecule has 0 spiro atoms. The van der Waals surface area contributed by atoms with E-state index in [2.05, 4.69) is 163 Å². The van der Waals surface area contributed by atoms with Gasteiger partial charge >= 0.3 is 0 Å². The molecular formula is C36H82N2P2Sc2Si2-2. The predicted octanol–water partition coefficient (Wildman–Crippen LogP) is 13.3. The minimum atomic E-state index is -1.49. The first-order chi connectivity index (χ1) is 18.4. The molecule has 2 saturated carbocycles. The van der Waals surface area contributed by atoms with Crippen molar-refractivity contribution in [2.45, 2.75) is 145 Å². The van der Waals surface area contributed by atoms with E-state index in [0.717, 1.165) is 58.4 Å². The maximum absolute atomic E-state index is 5.23. The molecule has 2 rings (SSSR count). The van der Waals surface area contributed by atoms with E-state index >= 15 is 0 Å². The van der Waals surface area contributed by atoms with Crippen LogP contribution in [0.25, 0.3) is 9.96 Å². The van der Waals surface area contributed by atoms with Gasteiger partial charge in [-0.1, -0.05) is 151 Å². The fraction of sp³-hybridized carbons (Fsp3) is 1.00. The van der Waals surface area contributed by atoms with Crippen LogP contribution in [-0.4, -0.2) is 67.5 Å². The molecule has 2 aliphatic rings. The number of hydrogen-bond acceptors (Lipinski definition) is 0. The molecule has 0 saturated heterocycles. The number of rotatable bonds is 4. The van der Waals surface area contributed by atoms with Crippen LogP contribution in [0.4, 0.5) is 0 Å². The molecule has 0 aromatic carbocycles. The Hall–Kier alpha value is 2.95. The standard InChI is InChI=1S/2C15H32NSi.2C3H9P.2Sc/c2*1-10-11(2)13(4)14(12(10)3)17(8,9)16-15(5,6)7;2*1-4(2)3;;/h2*10-14H,1-9H3;2*1-3H3;;/q2*-1;;;;. The normalized spacial score (nSPS) is 32.3. The summed E-state index contributed by atoms with van der Waals surface area (Å²) in [4.78, 5) is 10.5. The van der Waals surface area contributed by atoms with Gasteiger partial charge in [-0.2, -0.15) is 0 Å². The van der Waals surface area contributed by atoms with Crippen molar-refractivity contribution in [3.8, 4) is 0 Å². The monoisotopic (exact) mass is 750 g/mol. The summed E-state index contributed by atoms with van der Waals surface area (Å²) in [5.41, 5.74) is 1.97. The van der Waals surface area contributed by atoms with Crippen LogP contribution in [0.3, 0.4) is 0 Å². The largest absolute Gasteiger partial charge is 0.660 e. The van der Waals surface area contributed by atoms with E-state index < -0.39 is 16.5 Å². The molecule has 0 N–H and O–H groups in total. The van der Waals surface area contributed by atoms with Gasteiger partial charge in [0.2, 0.25) is 0 Å². The maximum atomic E-state index is 5.23. The fourth-order valence-electron chi connectivity index (χ4n) is 8.63. The zero-order valence-corrected chi connectivity index (χ0v) is 42.1. The molecule has 0 amide bonds. The molecule has 0 aliphatic heterocycles. The molecule has 262 valence electrons. The zero-order chi connectivity index (χ0) is 34.3. The first-order valence-corrected chi connectivity index (χ1v) is 28.5. The number of nitrogens with zero attached hydrogens (tertiary/aromatic N) is 2. The van der Waals surface area contributed by atoms with E-state index in [1.54, 1.807) is 0 Å². The van der Waals surface area contributed by atoms with Gasteiger partial charge in [-0.25, -0.2) is 0 Å². The third-order valence-electron chi connectivity index (χ3n) is 10.1. The van der Waals surface area contributed by atoms with Crippen LogP contribution in [0.2, 0.25) is 37.3 Å². The third kappa shape index (κ3) is 19.4. The first kappa shape index (κ1) is 53.7. The van der Waals surface area contributed by atoms with Crippen molar-refractivity contribution >= 4 is 32.3 Å². The van der Waals surface area contributed by atoms with Gasteiger partial charge in [-0.15, -0.1) is 26.9 Å². The van der Waals surface area contributed by atoms with E-state index in [4.69, 9.17) is 9.96 Å². The van der Waals surface area contributed by atoms with Crippen molar-refractivity contribution in [1.82, 2.24) is 0 Å². The molecule has 2 radical (unpaired) electrons. The molecule has 0 aromatic rings. The van der Waals surface area contributed by atoms with Gasteiger partial charge in [0.25, 0.3) is 0 Å². The summed E-state index contributed by atoms with van der Waals surface area (Å²) >= 11 is 0. The topological polar surface area (TPSA) is 28.2 Å². The Kier molecular flexibility index (Phi) is 26.9. The summed E-state index contributed by atoms with van der Waals surface area (Å²) in [5.74, 6) is 6.80. The van der Waals surface area contributed by atoms with E-state index in [1.165, 1.54) is 0 Å². The number of hydrogen-bond donors (Lipinski definition) is 0. The Morgan fingerprint density at radius 2 is 0.523 bits per heavy atom. The molecule has 2 nitrogen and oxygen atoms in total. The predicted molar refractivity (Wildman–Crippen MR) is 211 cm³/mol. The minimum Gasteiger partial charge on any atom is -0.660 e. The van der Waals surface area contributed by atoms with Gasteiger partial charge in [0.1, 0.15) is 0 Å². The van der Waals surface area contributed by atoms with Gasteiger partial charge in [0, 0.05) is 51.7 Å². The molecule has 2 aliphatic carbocycles. The van der Waals surface area contributed by atoms with Gasteiger partial charge < -0.3 is 9.96 Å². The molecule has 44 heavy (non-hydrogen) atoms. The van der Waals surface area contributed by atoms with Crippen LogP contribution in [0.5, 0.6) is 0 Å². The average molecular weight is 751 g/mol. The SMILES string of the molecule is CC1C(C)C(C)C([Si](C)(C)[N-]C(C)(C)C)C1C.CC1C(C)C(C)C([Si](C)(C)[N-]C(C)(C)C)C1C.CP(C)C.CP(C)C.[Sc].[Sc]. The zero-order valence-electron chi connectivity index (χ0n) is 34.7. The quantitative estimate of drug-likeness (QED) is 0.202. The molecular weight excluding hydrogens is 668 g/mol. The van der Waals surface area contributed by atoms with Crippen molar-refractivity contribution in [2.75, 3.05) is 40.0 Å². The second-order valence-corrected chi connectivity index (χ2v) is 32.2. The van der Waals surface area contributed by atoms with Crippen LogP contribution in [0, 0.1) is 47.3 Å². The second-order valence-electron chi connectivity index (χ2n) is 18.5. The molecule has 0 bridgehead atoms. The Balaban J connectivity index is -0.000000282. The molecule has 0 heterocycles. The van der Waals surface area contributed by atoms with Crippen molar-refractivity contribution in [3.63, 3.8) is 0 Å². The summed E-state index contributed by atoms with van der Waals surface area (Å²) in [6.45, 7) is 56.4. The van der Waals surface area contributed by atoms with Crippen molar-refractivity contribution in [3.05, 3.63) is 9.96 Å². The summed E-state index contributed by atoms with van der Waals surface area (Å²) < 4.78 is 0. The molecule has 2 fully saturated rings. The van der Waals surface area contributed by atoms with E-state index in [0.29, 0.717) is 15.8 Å². The smallest absolute Gasteiger partial charge is 0 e. The maximum Gasteiger partial charge on any atom is 0 e. The van der Waals surface area contributed by atoms with Gasteiger partial charge in [-0.05, 0) is 87.3 Å². The van der Waals surface area contributed by atoms with Crippen molar-refractivity contribution < 1.29 is 51.7 Å². The third-order valence-corrected chi connectivity index (χ3v) is 18.0. The Morgan fingerprint density at radius 1 is 0.386 bits per heavy atom. The minimum absolute atomic E-state index is 0. The Bertz CT molecular complexity index is 658. The molecule has 8 unspecified atom stereocenters. The Morgan fingerprint density at radius 3 is 0.636 bits per heavy atom. The summed E-state index contributed by atoms with van der Waals surface area (Å²) in [6.07, 6.45) is 0. The average Bonchev–Trinajstić information content (AvgIpc) is 3.03. The fourth-order valence-corrected chi connectivity index (χ4v) is 18.7. The molecule has 8 heteroatoms. The van der Waals surface area contributed by atoms with Gasteiger partial charge in [0.05, 0.1) is 0 Å². The van der Waals surface area contributed by atoms with Crippen LogP contribution in [0.1, 0.15) is 96.9 Å². The van der Waals surface area contributed by atoms with Crippen LogP contribution >= 0.6 is 15.8 Å². The van der Waals surface area contributed by atoms with Crippen LogP contribution in [0.15, 0.2) is 0 Å². The van der Waals surface area contributed by atoms with E-state index in [9.17, 15) is 0 Å². The van der Waals surface area contributed by atoms with Gasteiger partial charge in [0.15, 0.2) is 0 Å². The van der Waals surface area contributed by atoms with Crippen LogP contribution in [-0.2, 0) is 51.7 Å². The molecule has 8 atom stereocenters. The van der Waals surface area contributed by atoms with E-state index in [-0.39, 0.29) is 62.8 Å². The Labute approximate surface area is 323 Å². The van der Waals surface area contributed by atoms with Gasteiger partial charge in [-0.3, -0.25) is 0 Å². The summed E-state index contributed by atoms with van der Waals surface area (Å²) in [6, 6.07) is 0. The molecule has 0 aromatic heterocycles. The first-order valence-electron chi connectivity index (χ1n) is 17.1. The van der Waals surface area contributed by atoms with E-state index in [1.807, 2.05) is 0 Å². The second kappa shape index (κ2) is 22.0.